The first-order valence-electron chi connectivity index (χ1n) is 11.3. The number of aromatic nitrogens is 5. The Hall–Kier alpha value is -4.14. The third-order valence-corrected chi connectivity index (χ3v) is 6.29. The first kappa shape index (κ1) is 20.5. The average Bonchev–Trinajstić information content (AvgIpc) is 3.44. The van der Waals surface area contributed by atoms with Crippen LogP contribution in [0.5, 0.6) is 17.2 Å². The molecule has 2 aliphatic rings. The number of H-pyrrole nitrogens is 1. The number of nitrogens with zero attached hydrogens (tertiary/aromatic N) is 4. The number of carbonyl (C=O) groups is 1. The van der Waals surface area contributed by atoms with Crippen molar-refractivity contribution >= 4 is 11.7 Å². The zero-order valence-corrected chi connectivity index (χ0v) is 19.0. The fourth-order valence-electron chi connectivity index (χ4n) is 4.62. The van der Waals surface area contributed by atoms with E-state index in [4.69, 9.17) is 14.5 Å². The van der Waals surface area contributed by atoms with Crippen molar-refractivity contribution < 1.29 is 14.3 Å². The van der Waals surface area contributed by atoms with E-state index in [1.54, 1.807) is 6.20 Å². The molecule has 2 aliphatic heterocycles. The van der Waals surface area contributed by atoms with E-state index < -0.39 is 0 Å². The highest BCUT2D eigenvalue weighted by atomic mass is 16.5. The molecule has 0 bridgehead atoms. The summed E-state index contributed by atoms with van der Waals surface area (Å²) in [5.41, 5.74) is 4.80. The second-order valence-electron chi connectivity index (χ2n) is 8.73. The zero-order valence-electron chi connectivity index (χ0n) is 19.0. The second-order valence-corrected chi connectivity index (χ2v) is 8.73. The molecule has 5 heterocycles. The first-order valence-corrected chi connectivity index (χ1v) is 11.3. The summed E-state index contributed by atoms with van der Waals surface area (Å²) in [5.74, 6) is 3.85. The summed E-state index contributed by atoms with van der Waals surface area (Å²) in [6.45, 7) is 2.53. The van der Waals surface area contributed by atoms with Gasteiger partial charge in [0.05, 0.1) is 23.9 Å². The topological polar surface area (TPSA) is 107 Å². The Balaban J connectivity index is 1.23. The van der Waals surface area contributed by atoms with E-state index >= 15 is 0 Å². The second kappa shape index (κ2) is 8.02. The maximum atomic E-state index is 11.7. The minimum atomic E-state index is -0.0197. The van der Waals surface area contributed by atoms with Crippen LogP contribution in [0.3, 0.4) is 0 Å². The number of fused-ring (bicyclic) bond motifs is 2. The van der Waals surface area contributed by atoms with Crippen LogP contribution in [-0.4, -0.2) is 37.2 Å². The highest BCUT2D eigenvalue weighted by molar-refractivity contribution is 5.93. The van der Waals surface area contributed by atoms with Crippen molar-refractivity contribution in [2.45, 2.75) is 32.1 Å². The molecule has 0 radical (unpaired) electrons. The molecule has 6 rings (SSSR count). The molecule has 0 unspecified atom stereocenters. The van der Waals surface area contributed by atoms with Crippen LogP contribution >= 0.6 is 0 Å². The van der Waals surface area contributed by atoms with E-state index in [2.05, 4.69) is 20.4 Å². The lowest BCUT2D eigenvalue weighted by atomic mass is 9.96. The third kappa shape index (κ3) is 3.68. The first-order chi connectivity index (χ1) is 16.5. The Morgan fingerprint density at radius 2 is 2.12 bits per heavy atom. The number of rotatable bonds is 4. The molecule has 0 spiro atoms. The zero-order chi connectivity index (χ0) is 23.2. The Morgan fingerprint density at radius 3 is 2.97 bits per heavy atom. The van der Waals surface area contributed by atoms with E-state index in [0.717, 1.165) is 52.0 Å². The van der Waals surface area contributed by atoms with Gasteiger partial charge < -0.3 is 19.8 Å². The summed E-state index contributed by atoms with van der Waals surface area (Å²) in [6, 6.07) is 9.73. The fourth-order valence-corrected chi connectivity index (χ4v) is 4.62. The molecule has 3 aromatic heterocycles. The van der Waals surface area contributed by atoms with Crippen molar-refractivity contribution in [1.29, 1.82) is 0 Å². The van der Waals surface area contributed by atoms with E-state index in [1.807, 2.05) is 55.2 Å². The van der Waals surface area contributed by atoms with E-state index in [0.29, 0.717) is 31.0 Å². The fraction of sp³-hybridized carbons (Fsp3) is 0.280. The van der Waals surface area contributed by atoms with Crippen molar-refractivity contribution in [3.8, 4) is 28.6 Å². The smallest absolute Gasteiger partial charge is 0.225 e. The normalized spacial score (nSPS) is 16.9. The van der Waals surface area contributed by atoms with Gasteiger partial charge in [0.15, 0.2) is 0 Å². The number of imidazole rings is 1. The molecular weight excluding hydrogens is 432 g/mol. The molecule has 2 N–H and O–H groups in total. The lowest BCUT2D eigenvalue weighted by Crippen LogP contribution is -2.20. The van der Waals surface area contributed by atoms with Gasteiger partial charge in [-0.1, -0.05) is 0 Å². The Morgan fingerprint density at radius 1 is 1.21 bits per heavy atom. The number of anilines is 1. The number of ether oxygens (including phenoxy) is 2. The molecule has 1 amide bonds. The van der Waals surface area contributed by atoms with Gasteiger partial charge in [-0.25, -0.2) is 9.97 Å². The van der Waals surface area contributed by atoms with Gasteiger partial charge in [-0.05, 0) is 55.7 Å². The molecule has 0 fully saturated rings. The number of aromatic amines is 1. The quantitative estimate of drug-likeness (QED) is 0.482. The molecule has 0 saturated heterocycles. The van der Waals surface area contributed by atoms with Crippen molar-refractivity contribution in [2.75, 3.05) is 11.9 Å². The number of aryl methyl sites for hydroxylation is 2. The van der Waals surface area contributed by atoms with Gasteiger partial charge in [0, 0.05) is 31.4 Å². The number of pyridine rings is 1. The molecular formula is C25H24N6O3. The van der Waals surface area contributed by atoms with E-state index in [9.17, 15) is 4.79 Å². The van der Waals surface area contributed by atoms with Crippen LogP contribution in [0.2, 0.25) is 0 Å². The number of hydrogen-bond donors (Lipinski definition) is 2. The summed E-state index contributed by atoms with van der Waals surface area (Å²) in [6.07, 6.45) is 5.39. The third-order valence-electron chi connectivity index (χ3n) is 6.29. The summed E-state index contributed by atoms with van der Waals surface area (Å²) in [5, 5.41) is 7.23. The van der Waals surface area contributed by atoms with Gasteiger partial charge >= 0.3 is 0 Å². The minimum Gasteiger partial charge on any atom is -0.493 e. The standard InChI is InChI=1S/C25H24N6O3/c1-14-9-20(31(2)30-14)19-12-27-24(28-19)16-10-15-11-17(3-5-21(15)33-13-16)34-22-7-8-26-25-18(22)4-6-23(32)29-25/h3,5,7-9,11-12,16H,4,6,10,13H2,1-2H3,(H,27,28)(H,26,29,32)/t16-/m0/s1. The number of amides is 1. The van der Waals surface area contributed by atoms with Crippen LogP contribution in [0, 0.1) is 6.92 Å². The predicted octanol–water partition coefficient (Wildman–Crippen LogP) is 3.91. The summed E-state index contributed by atoms with van der Waals surface area (Å²) in [7, 11) is 1.92. The van der Waals surface area contributed by atoms with Crippen LogP contribution in [0.1, 0.15) is 35.0 Å². The molecule has 4 aromatic rings. The molecule has 9 nitrogen and oxygen atoms in total. The number of benzene rings is 1. The molecule has 1 atom stereocenters. The lowest BCUT2D eigenvalue weighted by molar-refractivity contribution is -0.116. The van der Waals surface area contributed by atoms with Gasteiger partial charge in [-0.15, -0.1) is 0 Å². The summed E-state index contributed by atoms with van der Waals surface area (Å²) >= 11 is 0. The van der Waals surface area contributed by atoms with Crippen LogP contribution < -0.4 is 14.8 Å². The van der Waals surface area contributed by atoms with Crippen LogP contribution in [-0.2, 0) is 24.7 Å². The largest absolute Gasteiger partial charge is 0.493 e. The van der Waals surface area contributed by atoms with Crippen molar-refractivity contribution in [2.24, 2.45) is 7.05 Å². The van der Waals surface area contributed by atoms with Crippen LogP contribution in [0.4, 0.5) is 5.82 Å². The SMILES string of the molecule is Cc1cc(-c2c[nH]c([C@@H]3COc4ccc(Oc5ccnc6c5CCC(=O)N6)cc4C3)n2)n(C)n1. The molecule has 9 heteroatoms. The van der Waals surface area contributed by atoms with E-state index in [1.165, 1.54) is 0 Å². The predicted molar refractivity (Wildman–Crippen MR) is 125 cm³/mol. The molecule has 0 aliphatic carbocycles. The molecule has 0 saturated carbocycles. The number of nitrogens with one attached hydrogen (secondary N) is 2. The Bertz CT molecular complexity index is 1410. The Labute approximate surface area is 196 Å². The lowest BCUT2D eigenvalue weighted by Gasteiger charge is -2.25. The number of hydrogen-bond acceptors (Lipinski definition) is 6. The molecule has 1 aromatic carbocycles. The van der Waals surface area contributed by atoms with Crippen LogP contribution in [0.15, 0.2) is 42.7 Å². The van der Waals surface area contributed by atoms with Gasteiger partial charge in [0.25, 0.3) is 0 Å². The minimum absolute atomic E-state index is 0.0197. The monoisotopic (exact) mass is 456 g/mol. The van der Waals surface area contributed by atoms with Gasteiger partial charge in [0.2, 0.25) is 5.91 Å². The van der Waals surface area contributed by atoms with Crippen molar-refractivity contribution in [1.82, 2.24) is 24.7 Å². The highest BCUT2D eigenvalue weighted by Crippen LogP contribution is 2.37. The van der Waals surface area contributed by atoms with Gasteiger partial charge in [-0.3, -0.25) is 9.48 Å². The maximum absolute atomic E-state index is 11.7. The summed E-state index contributed by atoms with van der Waals surface area (Å²) < 4.78 is 14.1. The highest BCUT2D eigenvalue weighted by Gasteiger charge is 2.26. The summed E-state index contributed by atoms with van der Waals surface area (Å²) in [4.78, 5) is 24.1. The van der Waals surface area contributed by atoms with E-state index in [-0.39, 0.29) is 11.8 Å². The Kier molecular flexibility index (Phi) is 4.83. The molecule has 172 valence electrons. The number of carbonyl (C=O) groups excluding carboxylic acids is 1. The average molecular weight is 457 g/mol. The maximum Gasteiger partial charge on any atom is 0.225 e. The van der Waals surface area contributed by atoms with Crippen molar-refractivity contribution in [3.63, 3.8) is 0 Å². The van der Waals surface area contributed by atoms with Crippen molar-refractivity contribution in [3.05, 3.63) is 65.4 Å². The van der Waals surface area contributed by atoms with Gasteiger partial charge in [0.1, 0.15) is 34.6 Å². The van der Waals surface area contributed by atoms with Gasteiger partial charge in [-0.2, -0.15) is 5.10 Å². The van der Waals surface area contributed by atoms with Crippen LogP contribution in [0.25, 0.3) is 11.4 Å². The molecule has 34 heavy (non-hydrogen) atoms.